The Morgan fingerprint density at radius 1 is 1.07 bits per heavy atom. The molecule has 4 aliphatic carbocycles. The van der Waals surface area contributed by atoms with Gasteiger partial charge in [0.15, 0.2) is 5.78 Å². The molecule has 0 aromatic heterocycles. The lowest BCUT2D eigenvalue weighted by Gasteiger charge is -2.56. The molecule has 2 heteroatoms. The van der Waals surface area contributed by atoms with Crippen LogP contribution in [0.4, 0.5) is 0 Å². The molecule has 0 aromatic carbocycles. The highest BCUT2D eigenvalue weighted by Crippen LogP contribution is 2.65. The van der Waals surface area contributed by atoms with Gasteiger partial charge in [-0.1, -0.05) is 59.5 Å². The van der Waals surface area contributed by atoms with Gasteiger partial charge in [-0.3, -0.25) is 4.79 Å². The van der Waals surface area contributed by atoms with Crippen molar-refractivity contribution in [2.24, 2.45) is 40.4 Å². The second kappa shape index (κ2) is 7.81. The smallest absolute Gasteiger partial charge is 0.159 e. The molecule has 0 saturated heterocycles. The number of hydrogen-bond donors (Lipinski definition) is 1. The van der Waals surface area contributed by atoms with Crippen molar-refractivity contribution in [3.05, 3.63) is 11.1 Å². The number of carbonyl (C=O) groups excluding carboxylic acids is 1. The Bertz CT molecular complexity index is 676. The number of ketones is 1. The van der Waals surface area contributed by atoms with Crippen molar-refractivity contribution in [1.29, 1.82) is 0 Å². The van der Waals surface area contributed by atoms with E-state index >= 15 is 0 Å². The number of hydrogen-bond acceptors (Lipinski definition) is 2. The Morgan fingerprint density at radius 3 is 2.55 bits per heavy atom. The topological polar surface area (TPSA) is 37.3 Å². The average Bonchev–Trinajstić information content (AvgIpc) is 2.93. The molecule has 4 rings (SSSR count). The van der Waals surface area contributed by atoms with E-state index in [4.69, 9.17) is 0 Å². The molecule has 0 bridgehead atoms. The molecule has 3 fully saturated rings. The van der Waals surface area contributed by atoms with E-state index < -0.39 is 0 Å². The third kappa shape index (κ3) is 3.56. The summed E-state index contributed by atoms with van der Waals surface area (Å²) in [6, 6.07) is 0. The second-order valence-corrected chi connectivity index (χ2v) is 12.1. The van der Waals surface area contributed by atoms with E-state index in [0.29, 0.717) is 34.9 Å². The molecule has 29 heavy (non-hydrogen) atoms. The Labute approximate surface area is 178 Å². The van der Waals surface area contributed by atoms with Crippen LogP contribution in [0.3, 0.4) is 0 Å². The van der Waals surface area contributed by atoms with Crippen LogP contribution in [-0.2, 0) is 4.79 Å². The quantitative estimate of drug-likeness (QED) is 0.556. The van der Waals surface area contributed by atoms with Gasteiger partial charge in [-0.05, 0) is 85.4 Å². The van der Waals surface area contributed by atoms with Crippen molar-refractivity contribution < 1.29 is 9.90 Å². The van der Waals surface area contributed by atoms with Crippen LogP contribution >= 0.6 is 0 Å². The third-order valence-electron chi connectivity index (χ3n) is 9.96. The fourth-order valence-corrected chi connectivity index (χ4v) is 8.22. The molecule has 0 aliphatic heterocycles. The van der Waals surface area contributed by atoms with Gasteiger partial charge < -0.3 is 5.11 Å². The van der Waals surface area contributed by atoms with Crippen molar-refractivity contribution in [2.45, 2.75) is 111 Å². The van der Waals surface area contributed by atoms with Crippen molar-refractivity contribution in [2.75, 3.05) is 0 Å². The summed E-state index contributed by atoms with van der Waals surface area (Å²) in [6.07, 6.45) is 12.4. The van der Waals surface area contributed by atoms with Gasteiger partial charge in [0.2, 0.25) is 0 Å². The van der Waals surface area contributed by atoms with Crippen molar-refractivity contribution in [3.8, 4) is 0 Å². The molecule has 1 N–H and O–H groups in total. The van der Waals surface area contributed by atoms with Crippen LogP contribution in [0.5, 0.6) is 0 Å². The zero-order valence-electron chi connectivity index (χ0n) is 19.6. The standard InChI is InChI=1S/C27H44O2/c1-17(2)7-6-8-18(3)23-16-24(29)25-21-10-9-19-15-20(28)11-13-26(19,4)22(21)12-14-27(23,25)5/h17-20,22-23,28H,6-16H2,1-5H3/t18-,19+,20+,22-,23-,26-,27-/m0/s1. The van der Waals surface area contributed by atoms with Gasteiger partial charge in [-0.15, -0.1) is 0 Å². The monoisotopic (exact) mass is 400 g/mol. The highest BCUT2D eigenvalue weighted by atomic mass is 16.3. The summed E-state index contributed by atoms with van der Waals surface area (Å²) in [5.74, 6) is 3.70. The molecule has 0 aromatic rings. The number of rotatable bonds is 5. The average molecular weight is 401 g/mol. The fraction of sp³-hybridized carbons (Fsp3) is 0.889. The molecule has 0 unspecified atom stereocenters. The molecule has 0 radical (unpaired) electrons. The van der Waals surface area contributed by atoms with E-state index in [2.05, 4.69) is 34.6 Å². The summed E-state index contributed by atoms with van der Waals surface area (Å²) in [4.78, 5) is 13.4. The highest BCUT2D eigenvalue weighted by Gasteiger charge is 2.57. The maximum absolute atomic E-state index is 13.4. The van der Waals surface area contributed by atoms with Crippen molar-refractivity contribution >= 4 is 5.78 Å². The number of aliphatic hydroxyl groups is 1. The molecule has 0 heterocycles. The summed E-state index contributed by atoms with van der Waals surface area (Å²) in [7, 11) is 0. The molecular weight excluding hydrogens is 356 g/mol. The second-order valence-electron chi connectivity index (χ2n) is 12.1. The van der Waals surface area contributed by atoms with Crippen LogP contribution in [0.15, 0.2) is 11.1 Å². The maximum atomic E-state index is 13.4. The predicted molar refractivity (Wildman–Crippen MR) is 120 cm³/mol. The van der Waals surface area contributed by atoms with E-state index in [9.17, 15) is 9.90 Å². The van der Waals surface area contributed by atoms with Crippen molar-refractivity contribution in [1.82, 2.24) is 0 Å². The van der Waals surface area contributed by atoms with Gasteiger partial charge in [0.1, 0.15) is 0 Å². The zero-order chi connectivity index (χ0) is 21.0. The lowest BCUT2D eigenvalue weighted by molar-refractivity contribution is -0.115. The largest absolute Gasteiger partial charge is 0.393 e. The van der Waals surface area contributed by atoms with Gasteiger partial charge in [0.05, 0.1) is 6.10 Å². The molecule has 3 saturated carbocycles. The molecule has 0 amide bonds. The summed E-state index contributed by atoms with van der Waals surface area (Å²) >= 11 is 0. The summed E-state index contributed by atoms with van der Waals surface area (Å²) in [6.45, 7) is 12.0. The molecule has 7 atom stereocenters. The Hall–Kier alpha value is -0.630. The first-order chi connectivity index (χ1) is 13.7. The van der Waals surface area contributed by atoms with Crippen LogP contribution in [0.25, 0.3) is 0 Å². The number of fused-ring (bicyclic) bond motifs is 4. The van der Waals surface area contributed by atoms with Gasteiger partial charge in [0, 0.05) is 12.0 Å². The number of allylic oxidation sites excluding steroid dienone is 2. The number of aliphatic hydroxyl groups excluding tert-OH is 1. The number of carbonyl (C=O) groups is 1. The molecule has 0 spiro atoms. The summed E-state index contributed by atoms with van der Waals surface area (Å²) < 4.78 is 0. The summed E-state index contributed by atoms with van der Waals surface area (Å²) in [5, 5.41) is 10.2. The number of Topliss-reactive ketones (excluding diaryl/α,β-unsaturated/α-hetero) is 1. The molecular formula is C27H44O2. The van der Waals surface area contributed by atoms with Crippen molar-refractivity contribution in [3.63, 3.8) is 0 Å². The third-order valence-corrected chi connectivity index (χ3v) is 9.96. The van der Waals surface area contributed by atoms with E-state index in [1.54, 1.807) is 5.57 Å². The Morgan fingerprint density at radius 2 is 1.83 bits per heavy atom. The van der Waals surface area contributed by atoms with Crippen LogP contribution in [0.1, 0.15) is 105 Å². The lowest BCUT2D eigenvalue weighted by atomic mass is 9.48. The molecule has 2 nitrogen and oxygen atoms in total. The first-order valence-corrected chi connectivity index (χ1v) is 12.6. The first kappa shape index (κ1) is 21.6. The zero-order valence-corrected chi connectivity index (χ0v) is 19.6. The Kier molecular flexibility index (Phi) is 5.82. The van der Waals surface area contributed by atoms with E-state index in [1.807, 2.05) is 0 Å². The van der Waals surface area contributed by atoms with Crippen LogP contribution < -0.4 is 0 Å². The van der Waals surface area contributed by atoms with Gasteiger partial charge in [-0.2, -0.15) is 0 Å². The van der Waals surface area contributed by atoms with Gasteiger partial charge in [0.25, 0.3) is 0 Å². The summed E-state index contributed by atoms with van der Waals surface area (Å²) in [5.41, 5.74) is 3.29. The first-order valence-electron chi connectivity index (χ1n) is 12.6. The van der Waals surface area contributed by atoms with Crippen LogP contribution in [-0.4, -0.2) is 17.0 Å². The minimum Gasteiger partial charge on any atom is -0.393 e. The van der Waals surface area contributed by atoms with Gasteiger partial charge in [-0.25, -0.2) is 0 Å². The van der Waals surface area contributed by atoms with Crippen LogP contribution in [0.2, 0.25) is 0 Å². The molecule has 164 valence electrons. The minimum atomic E-state index is -0.0969. The predicted octanol–water partition coefficient (Wildman–Crippen LogP) is 6.71. The Balaban J connectivity index is 1.59. The fourth-order valence-electron chi connectivity index (χ4n) is 8.22. The minimum absolute atomic E-state index is 0.0969. The van der Waals surface area contributed by atoms with E-state index in [1.165, 1.54) is 44.1 Å². The van der Waals surface area contributed by atoms with E-state index in [0.717, 1.165) is 38.0 Å². The maximum Gasteiger partial charge on any atom is 0.159 e. The SMILES string of the molecule is CC(C)CCC[C@H](C)[C@@H]1CC(=O)C2=C3CC[C@@H]4C[C@H](O)CC[C@]4(C)[C@H]3CC[C@]21C. The van der Waals surface area contributed by atoms with Gasteiger partial charge >= 0.3 is 0 Å². The normalized spacial score (nSPS) is 43.2. The van der Waals surface area contributed by atoms with Crippen LogP contribution in [0, 0.1) is 40.4 Å². The van der Waals surface area contributed by atoms with E-state index in [-0.39, 0.29) is 11.5 Å². The molecule has 4 aliphatic rings. The lowest BCUT2D eigenvalue weighted by Crippen LogP contribution is -2.48. The highest BCUT2D eigenvalue weighted by molar-refractivity contribution is 6.00.